The van der Waals surface area contributed by atoms with E-state index in [-0.39, 0.29) is 16.2 Å². The molecule has 0 unspecified atom stereocenters. The third-order valence-electron chi connectivity index (χ3n) is 15.9. The number of benzene rings is 7. The van der Waals surface area contributed by atoms with Crippen LogP contribution in [0.4, 0.5) is 11.4 Å². The normalized spacial score (nSPS) is 13.7. The van der Waals surface area contributed by atoms with E-state index in [1.165, 1.54) is 66.7 Å². The minimum absolute atomic E-state index is 0.0595. The van der Waals surface area contributed by atoms with Crippen molar-refractivity contribution in [2.45, 2.75) is 125 Å². The molecule has 5 nitrogen and oxygen atoms in total. The summed E-state index contributed by atoms with van der Waals surface area (Å²) < 4.78 is 9.84. The van der Waals surface area contributed by atoms with Gasteiger partial charge in [0.15, 0.2) is 0 Å². The molecule has 75 heavy (non-hydrogen) atoms. The summed E-state index contributed by atoms with van der Waals surface area (Å²) in [5.41, 5.74) is 16.2. The maximum Gasteiger partial charge on any atom is 0.137 e. The van der Waals surface area contributed by atoms with Crippen molar-refractivity contribution in [3.05, 3.63) is 227 Å². The Hall–Kier alpha value is -7.37. The Morgan fingerprint density at radius 2 is 1.09 bits per heavy atom. The van der Waals surface area contributed by atoms with E-state index in [4.69, 9.17) is 9.72 Å². The molecule has 0 saturated heterocycles. The summed E-state index contributed by atoms with van der Waals surface area (Å²) in [6.45, 7) is 33.0. The minimum atomic E-state index is -0.398. The summed E-state index contributed by atoms with van der Waals surface area (Å²) in [5, 5.41) is 2.39. The van der Waals surface area contributed by atoms with Crippen LogP contribution in [0.1, 0.15) is 148 Å². The van der Waals surface area contributed by atoms with Crippen LogP contribution in [0.2, 0.25) is 0 Å². The first-order chi connectivity index (χ1) is 35.6. The molecule has 0 aliphatic carbocycles. The van der Waals surface area contributed by atoms with Crippen LogP contribution in [0.15, 0.2) is 188 Å². The number of anilines is 2. The smallest absolute Gasteiger partial charge is 0.137 e. The third-order valence-corrected chi connectivity index (χ3v) is 15.9. The molecule has 1 aliphatic heterocycles. The molecule has 0 bridgehead atoms. The molecule has 10 rings (SSSR count). The number of hydrogen-bond donors (Lipinski definition) is 0. The van der Waals surface area contributed by atoms with Crippen LogP contribution in [0.25, 0.3) is 38.8 Å². The van der Waals surface area contributed by atoms with E-state index >= 15 is 0 Å². The first-order valence-electron chi connectivity index (χ1n) is 27.1. The molecule has 0 spiro atoms. The number of aromatic nitrogens is 2. The molecule has 9 aromatic rings. The maximum absolute atomic E-state index is 7.49. The van der Waals surface area contributed by atoms with Gasteiger partial charge in [-0.05, 0) is 116 Å². The van der Waals surface area contributed by atoms with Gasteiger partial charge in [-0.1, -0.05) is 206 Å². The van der Waals surface area contributed by atoms with E-state index in [0.717, 1.165) is 39.6 Å². The highest BCUT2D eigenvalue weighted by Crippen LogP contribution is 2.48. The summed E-state index contributed by atoms with van der Waals surface area (Å²) in [6, 6.07) is 62.5. The van der Waals surface area contributed by atoms with E-state index < -0.39 is 5.41 Å². The Bertz CT molecular complexity index is 3550. The number of fused-ring (bicyclic) bond motifs is 3. The first-order valence-corrected chi connectivity index (χ1v) is 27.1. The first kappa shape index (κ1) is 51.1. The molecular formula is C70H76N4O. The molecule has 0 saturated carbocycles. The second kappa shape index (κ2) is 19.4. The van der Waals surface area contributed by atoms with Crippen molar-refractivity contribution >= 4 is 33.2 Å². The number of pyridine rings is 1. The lowest BCUT2D eigenvalue weighted by Gasteiger charge is -2.33. The lowest BCUT2D eigenvalue weighted by Crippen LogP contribution is -2.31. The molecule has 1 aliphatic rings. The zero-order valence-electron chi connectivity index (χ0n) is 46.9. The predicted octanol–water partition coefficient (Wildman–Crippen LogP) is 19.0. The highest BCUT2D eigenvalue weighted by atomic mass is 16.5. The number of allylic oxidation sites excluding steroid dienone is 1. The molecule has 0 amide bonds. The molecular weight excluding hydrogens is 913 g/mol. The summed E-state index contributed by atoms with van der Waals surface area (Å²) in [4.78, 5) is 10.0. The van der Waals surface area contributed by atoms with Gasteiger partial charge in [0.25, 0.3) is 0 Å². The van der Waals surface area contributed by atoms with E-state index in [1.54, 1.807) is 0 Å². The van der Waals surface area contributed by atoms with E-state index in [0.29, 0.717) is 18.5 Å². The van der Waals surface area contributed by atoms with Gasteiger partial charge < -0.3 is 14.5 Å². The number of para-hydroxylation sites is 1. The van der Waals surface area contributed by atoms with E-state index in [9.17, 15) is 0 Å². The zero-order valence-corrected chi connectivity index (χ0v) is 46.9. The Labute approximate surface area is 447 Å². The molecule has 0 atom stereocenters. The maximum atomic E-state index is 7.49. The molecule has 0 radical (unpaired) electrons. The van der Waals surface area contributed by atoms with Crippen LogP contribution in [0.3, 0.4) is 0 Å². The van der Waals surface area contributed by atoms with Crippen molar-refractivity contribution in [2.75, 3.05) is 16.5 Å². The molecule has 0 fully saturated rings. The number of hydrogen-bond acceptors (Lipinski definition) is 4. The van der Waals surface area contributed by atoms with Crippen LogP contribution in [0.5, 0.6) is 11.5 Å². The molecule has 5 heteroatoms. The quantitative estimate of drug-likeness (QED) is 0.122. The average Bonchev–Trinajstić information content (AvgIpc) is 4.00. The monoisotopic (exact) mass is 989 g/mol. The Balaban J connectivity index is 1.18. The Kier molecular flexibility index (Phi) is 13.2. The highest BCUT2D eigenvalue weighted by molar-refractivity contribution is 6.12. The van der Waals surface area contributed by atoms with Crippen molar-refractivity contribution in [1.29, 1.82) is 0 Å². The van der Waals surface area contributed by atoms with Gasteiger partial charge in [-0.15, -0.1) is 0 Å². The van der Waals surface area contributed by atoms with Gasteiger partial charge in [0.05, 0.1) is 17.7 Å². The molecule has 2 aromatic heterocycles. The van der Waals surface area contributed by atoms with Crippen molar-refractivity contribution < 1.29 is 4.74 Å². The summed E-state index contributed by atoms with van der Waals surface area (Å²) in [5.74, 6) is 3.07. The van der Waals surface area contributed by atoms with Crippen LogP contribution in [-0.2, 0) is 16.2 Å². The van der Waals surface area contributed by atoms with Gasteiger partial charge in [0, 0.05) is 68.6 Å². The van der Waals surface area contributed by atoms with Gasteiger partial charge in [0.1, 0.15) is 17.3 Å². The van der Waals surface area contributed by atoms with Crippen molar-refractivity contribution in [2.24, 2.45) is 5.41 Å². The van der Waals surface area contributed by atoms with Crippen LogP contribution in [-0.4, -0.2) is 16.2 Å². The number of rotatable bonds is 12. The summed E-state index contributed by atoms with van der Waals surface area (Å²) in [6.07, 6.45) is 4.33. The largest absolute Gasteiger partial charge is 0.457 e. The SMILES string of the molecule is CC(C)c1cccc(C(C)C)c1-c1cc(Oc2cc(C(C)(C)c3ccccc3)c3c4ccccc4n(-c4cc(C(C)(C)C)ccn4)c3c2)cc(N2C=C(C(C)(C)C)N(c3cccc(C(C)(C)c4ccccc4)c3)C2)c1. The third kappa shape index (κ3) is 9.67. The number of nitrogens with zero attached hydrogens (tertiary/aromatic N) is 4. The van der Waals surface area contributed by atoms with Gasteiger partial charge in [-0.2, -0.15) is 0 Å². The lowest BCUT2D eigenvalue weighted by molar-refractivity contribution is 0.481. The fourth-order valence-electron chi connectivity index (χ4n) is 11.4. The minimum Gasteiger partial charge on any atom is -0.457 e. The second-order valence-corrected chi connectivity index (χ2v) is 24.6. The molecule has 0 N–H and O–H groups in total. The zero-order chi connectivity index (χ0) is 53.2. The van der Waals surface area contributed by atoms with Crippen LogP contribution < -0.4 is 14.5 Å². The van der Waals surface area contributed by atoms with Gasteiger partial charge >= 0.3 is 0 Å². The van der Waals surface area contributed by atoms with Gasteiger partial charge in [-0.25, -0.2) is 4.98 Å². The van der Waals surface area contributed by atoms with Crippen molar-refractivity contribution in [3.63, 3.8) is 0 Å². The van der Waals surface area contributed by atoms with E-state index in [1.807, 2.05) is 6.20 Å². The van der Waals surface area contributed by atoms with Gasteiger partial charge in [-0.3, -0.25) is 4.57 Å². The fraction of sp³-hybridized carbons (Fsp3) is 0.300. The topological polar surface area (TPSA) is 33.5 Å². The number of ether oxygens (including phenoxy) is 1. The van der Waals surface area contributed by atoms with Crippen molar-refractivity contribution in [1.82, 2.24) is 9.55 Å². The predicted molar refractivity (Wildman–Crippen MR) is 318 cm³/mol. The van der Waals surface area contributed by atoms with Crippen LogP contribution >= 0.6 is 0 Å². The van der Waals surface area contributed by atoms with Crippen molar-refractivity contribution in [3.8, 4) is 28.4 Å². The summed E-state index contributed by atoms with van der Waals surface area (Å²) in [7, 11) is 0. The average molecular weight is 989 g/mol. The molecule has 3 heterocycles. The molecule has 382 valence electrons. The molecule has 7 aromatic carbocycles. The second-order valence-electron chi connectivity index (χ2n) is 24.6. The Morgan fingerprint density at radius 1 is 0.493 bits per heavy atom. The lowest BCUT2D eigenvalue weighted by atomic mass is 9.76. The standard InChI is InChI=1S/C70H76N4O/c1-46(2)57-32-24-33-58(47(3)4)65(57)48-37-54(72-44-63(68(8,9)10)73(45-72)53-30-23-29-52(39-53)69(11,12)49-25-17-15-18-26-49)41-55(38-48)75-56-42-60(70(13,14)50-27-19-16-20-28-50)66-59-31-21-22-34-61(59)74(62(66)43-56)64-40-51(35-36-71-64)67(5,6)7/h15-44,46-47H,45H2,1-14H3. The Morgan fingerprint density at radius 3 is 1.73 bits per heavy atom. The van der Waals surface area contributed by atoms with Gasteiger partial charge in [0.2, 0.25) is 0 Å². The highest BCUT2D eigenvalue weighted by Gasteiger charge is 2.34. The van der Waals surface area contributed by atoms with Crippen LogP contribution in [0, 0.1) is 5.41 Å². The summed E-state index contributed by atoms with van der Waals surface area (Å²) >= 11 is 0. The fourth-order valence-corrected chi connectivity index (χ4v) is 11.4. The van der Waals surface area contributed by atoms with E-state index in [2.05, 4.69) is 287 Å².